The predicted octanol–water partition coefficient (Wildman–Crippen LogP) is 3.55. The fraction of sp³-hybridized carbons (Fsp3) is 0.714. The molecule has 2 unspecified atom stereocenters. The van der Waals surface area contributed by atoms with E-state index in [1.165, 1.54) is 25.7 Å². The fourth-order valence-corrected chi connectivity index (χ4v) is 3.34. The third-order valence-corrected chi connectivity index (χ3v) is 4.73. The monoisotopic (exact) mass is 314 g/mol. The number of rotatable bonds is 4. The van der Waals surface area contributed by atoms with E-state index in [0.717, 1.165) is 29.2 Å². The highest BCUT2D eigenvalue weighted by Crippen LogP contribution is 2.31. The zero-order valence-electron chi connectivity index (χ0n) is 11.1. The van der Waals surface area contributed by atoms with Crippen molar-refractivity contribution < 1.29 is 4.42 Å². The highest BCUT2D eigenvalue weighted by molar-refractivity contribution is 9.10. The summed E-state index contributed by atoms with van der Waals surface area (Å²) in [6.07, 6.45) is 6.93. The lowest BCUT2D eigenvalue weighted by molar-refractivity contribution is 0.183. The Morgan fingerprint density at radius 3 is 2.94 bits per heavy atom. The molecule has 0 saturated carbocycles. The summed E-state index contributed by atoms with van der Waals surface area (Å²) < 4.78 is 6.63. The zero-order valence-corrected chi connectivity index (χ0v) is 12.7. The molecule has 0 aliphatic carbocycles. The Balaban J connectivity index is 2.06. The van der Waals surface area contributed by atoms with Crippen molar-refractivity contribution in [1.29, 1.82) is 0 Å². The van der Waals surface area contributed by atoms with E-state index in [-0.39, 0.29) is 6.04 Å². The zero-order chi connectivity index (χ0) is 13.0. The van der Waals surface area contributed by atoms with Gasteiger partial charge in [-0.25, -0.2) is 0 Å². The van der Waals surface area contributed by atoms with Gasteiger partial charge < -0.3 is 10.2 Å². The lowest BCUT2D eigenvalue weighted by atomic mass is 9.98. The Labute approximate surface area is 118 Å². The maximum absolute atomic E-state index is 5.96. The van der Waals surface area contributed by atoms with Crippen LogP contribution in [0.5, 0.6) is 0 Å². The van der Waals surface area contributed by atoms with Crippen molar-refractivity contribution in [3.8, 4) is 0 Å². The van der Waals surface area contributed by atoms with Gasteiger partial charge in [-0.15, -0.1) is 0 Å². The van der Waals surface area contributed by atoms with Gasteiger partial charge in [0.1, 0.15) is 5.76 Å². The van der Waals surface area contributed by atoms with Gasteiger partial charge in [0.15, 0.2) is 0 Å². The Hall–Kier alpha value is -0.320. The summed E-state index contributed by atoms with van der Waals surface area (Å²) in [4.78, 5) is 2.49. The molecule has 1 aliphatic heterocycles. The van der Waals surface area contributed by atoms with Crippen LogP contribution in [-0.2, 0) is 0 Å². The van der Waals surface area contributed by atoms with Gasteiger partial charge in [-0.3, -0.25) is 4.90 Å². The minimum absolute atomic E-state index is 0.213. The Kier molecular flexibility index (Phi) is 5.27. The van der Waals surface area contributed by atoms with Crippen molar-refractivity contribution in [2.24, 2.45) is 11.7 Å². The molecule has 2 atom stereocenters. The van der Waals surface area contributed by atoms with Crippen molar-refractivity contribution >= 4 is 15.9 Å². The molecule has 1 aromatic heterocycles. The summed E-state index contributed by atoms with van der Waals surface area (Å²) in [6.45, 7) is 5.17. The number of likely N-dealkylation sites (tertiary alicyclic amines) is 1. The highest BCUT2D eigenvalue weighted by atomic mass is 79.9. The van der Waals surface area contributed by atoms with Gasteiger partial charge in [0.25, 0.3) is 0 Å². The first-order valence-corrected chi connectivity index (χ1v) is 7.72. The molecule has 1 aromatic rings. The molecule has 0 aromatic carbocycles. The van der Waals surface area contributed by atoms with Crippen LogP contribution in [0, 0.1) is 5.92 Å². The number of nitrogens with zero attached hydrogens (tertiary/aromatic N) is 1. The van der Waals surface area contributed by atoms with E-state index in [4.69, 9.17) is 10.2 Å². The van der Waals surface area contributed by atoms with Gasteiger partial charge in [-0.05, 0) is 60.3 Å². The molecular formula is C14H23BrN2O. The minimum atomic E-state index is 0.213. The topological polar surface area (TPSA) is 42.4 Å². The van der Waals surface area contributed by atoms with Crippen LogP contribution in [0.25, 0.3) is 0 Å². The minimum Gasteiger partial charge on any atom is -0.466 e. The SMILES string of the molecule is CCC1CCCN(C(CN)c2occc2Br)CC1. The van der Waals surface area contributed by atoms with Crippen LogP contribution in [-0.4, -0.2) is 24.5 Å². The summed E-state index contributed by atoms with van der Waals surface area (Å²) in [6, 6.07) is 2.16. The molecule has 2 N–H and O–H groups in total. The predicted molar refractivity (Wildman–Crippen MR) is 77.4 cm³/mol. The fourth-order valence-electron chi connectivity index (χ4n) is 2.87. The number of hydrogen-bond acceptors (Lipinski definition) is 3. The molecule has 18 heavy (non-hydrogen) atoms. The third kappa shape index (κ3) is 3.16. The lowest BCUT2D eigenvalue weighted by Crippen LogP contribution is -2.34. The van der Waals surface area contributed by atoms with Gasteiger partial charge in [0, 0.05) is 6.54 Å². The van der Waals surface area contributed by atoms with E-state index < -0.39 is 0 Å². The maximum Gasteiger partial charge on any atom is 0.136 e. The molecular weight excluding hydrogens is 292 g/mol. The van der Waals surface area contributed by atoms with Crippen LogP contribution in [0.4, 0.5) is 0 Å². The third-order valence-electron chi connectivity index (χ3n) is 4.07. The number of nitrogens with two attached hydrogens (primary N) is 1. The first-order valence-electron chi connectivity index (χ1n) is 6.93. The Morgan fingerprint density at radius 1 is 1.50 bits per heavy atom. The standard InChI is InChI=1S/C14H23BrN2O/c1-2-11-4-3-7-17(8-5-11)13(10-16)14-12(15)6-9-18-14/h6,9,11,13H,2-5,7-8,10,16H2,1H3. The van der Waals surface area contributed by atoms with Crippen LogP contribution in [0.3, 0.4) is 0 Å². The second-order valence-corrected chi connectivity index (χ2v) is 5.98. The van der Waals surface area contributed by atoms with Gasteiger partial charge >= 0.3 is 0 Å². The smallest absolute Gasteiger partial charge is 0.136 e. The molecule has 1 aliphatic rings. The molecule has 4 heteroatoms. The molecule has 1 fully saturated rings. The molecule has 3 nitrogen and oxygen atoms in total. The van der Waals surface area contributed by atoms with Gasteiger partial charge in [-0.2, -0.15) is 0 Å². The average Bonchev–Trinajstić information content (AvgIpc) is 2.67. The van der Waals surface area contributed by atoms with Crippen molar-refractivity contribution in [3.63, 3.8) is 0 Å². The molecule has 2 rings (SSSR count). The van der Waals surface area contributed by atoms with Crippen LogP contribution >= 0.6 is 15.9 Å². The van der Waals surface area contributed by atoms with Crippen LogP contribution in [0.1, 0.15) is 44.4 Å². The van der Waals surface area contributed by atoms with Crippen molar-refractivity contribution in [3.05, 3.63) is 22.6 Å². The largest absolute Gasteiger partial charge is 0.466 e. The van der Waals surface area contributed by atoms with Crippen molar-refractivity contribution in [2.45, 2.75) is 38.6 Å². The van der Waals surface area contributed by atoms with Gasteiger partial charge in [-0.1, -0.05) is 13.3 Å². The maximum atomic E-state index is 5.96. The normalized spacial score (nSPS) is 23.8. The number of hydrogen-bond donors (Lipinski definition) is 1. The highest BCUT2D eigenvalue weighted by Gasteiger charge is 2.26. The number of halogens is 1. The summed E-state index contributed by atoms with van der Waals surface area (Å²) >= 11 is 3.54. The van der Waals surface area contributed by atoms with Crippen molar-refractivity contribution in [1.82, 2.24) is 4.90 Å². The average molecular weight is 315 g/mol. The van der Waals surface area contributed by atoms with E-state index >= 15 is 0 Å². The molecule has 0 amide bonds. The first kappa shape index (κ1) is 14.1. The molecule has 102 valence electrons. The Bertz CT molecular complexity index is 366. The second-order valence-electron chi connectivity index (χ2n) is 5.13. The van der Waals surface area contributed by atoms with Gasteiger partial charge in [0.2, 0.25) is 0 Å². The summed E-state index contributed by atoms with van der Waals surface area (Å²) in [5.41, 5.74) is 5.96. The summed E-state index contributed by atoms with van der Waals surface area (Å²) in [7, 11) is 0. The summed E-state index contributed by atoms with van der Waals surface area (Å²) in [5.74, 6) is 1.86. The second kappa shape index (κ2) is 6.73. The summed E-state index contributed by atoms with van der Waals surface area (Å²) in [5, 5.41) is 0. The van der Waals surface area contributed by atoms with Crippen LogP contribution in [0.2, 0.25) is 0 Å². The van der Waals surface area contributed by atoms with Crippen LogP contribution < -0.4 is 5.73 Å². The van der Waals surface area contributed by atoms with E-state index in [2.05, 4.69) is 27.8 Å². The van der Waals surface area contributed by atoms with Gasteiger partial charge in [0.05, 0.1) is 16.8 Å². The molecule has 0 spiro atoms. The molecule has 0 bridgehead atoms. The van der Waals surface area contributed by atoms with E-state index in [1.54, 1.807) is 6.26 Å². The lowest BCUT2D eigenvalue weighted by Gasteiger charge is -2.28. The number of furan rings is 1. The van der Waals surface area contributed by atoms with E-state index in [1.807, 2.05) is 6.07 Å². The Morgan fingerprint density at radius 2 is 2.33 bits per heavy atom. The molecule has 2 heterocycles. The van der Waals surface area contributed by atoms with Crippen molar-refractivity contribution in [2.75, 3.05) is 19.6 Å². The first-order chi connectivity index (χ1) is 8.76. The molecule has 1 saturated heterocycles. The molecule has 0 radical (unpaired) electrons. The quantitative estimate of drug-likeness (QED) is 0.924. The van der Waals surface area contributed by atoms with E-state index in [9.17, 15) is 0 Å². The van der Waals surface area contributed by atoms with E-state index in [0.29, 0.717) is 6.54 Å². The van der Waals surface area contributed by atoms with Crippen LogP contribution in [0.15, 0.2) is 21.2 Å².